The number of anilines is 1. The highest BCUT2D eigenvalue weighted by molar-refractivity contribution is 6.30. The fourth-order valence-electron chi connectivity index (χ4n) is 3.71. The maximum absolute atomic E-state index is 13.6. The molecule has 3 rings (SSSR count). The van der Waals surface area contributed by atoms with E-state index in [1.54, 1.807) is 6.07 Å². The van der Waals surface area contributed by atoms with Crippen molar-refractivity contribution in [3.63, 3.8) is 0 Å². The van der Waals surface area contributed by atoms with Crippen LogP contribution in [0.1, 0.15) is 29.9 Å². The Balaban J connectivity index is 1.65. The summed E-state index contributed by atoms with van der Waals surface area (Å²) in [6.07, 6.45) is -11.9. The number of benzene rings is 2. The highest BCUT2D eigenvalue weighted by atomic mass is 35.5. The molecule has 0 spiro atoms. The molecule has 11 heteroatoms. The number of rotatable bonds is 5. The van der Waals surface area contributed by atoms with E-state index in [1.807, 2.05) is 0 Å². The van der Waals surface area contributed by atoms with Crippen LogP contribution in [0.25, 0.3) is 0 Å². The van der Waals surface area contributed by atoms with E-state index in [2.05, 4.69) is 10.1 Å². The second-order valence-electron chi connectivity index (χ2n) is 7.79. The summed E-state index contributed by atoms with van der Waals surface area (Å²) in [5.74, 6) is -0.363. The third-order valence-electron chi connectivity index (χ3n) is 5.32. The molecule has 1 N–H and O–H groups in total. The second kappa shape index (κ2) is 10.2. The van der Waals surface area contributed by atoms with Gasteiger partial charge in [-0.15, -0.1) is 0 Å². The number of nitrogens with one attached hydrogen (secondary N) is 1. The van der Waals surface area contributed by atoms with E-state index < -0.39 is 36.7 Å². The van der Waals surface area contributed by atoms with Crippen molar-refractivity contribution in [1.29, 1.82) is 0 Å². The molecule has 0 saturated carbocycles. The number of halogens is 7. The second-order valence-corrected chi connectivity index (χ2v) is 8.23. The maximum atomic E-state index is 13.6. The van der Waals surface area contributed by atoms with Crippen molar-refractivity contribution >= 4 is 23.4 Å². The fourth-order valence-corrected chi connectivity index (χ4v) is 3.84. The number of ether oxygens (including phenoxy) is 1. The van der Waals surface area contributed by atoms with Crippen LogP contribution in [0.4, 0.5) is 36.8 Å². The molecule has 2 atom stereocenters. The first-order chi connectivity index (χ1) is 15.4. The van der Waals surface area contributed by atoms with Crippen LogP contribution in [0.5, 0.6) is 0 Å². The lowest BCUT2D eigenvalue weighted by Gasteiger charge is -2.35. The number of piperidine rings is 1. The van der Waals surface area contributed by atoms with E-state index in [0.717, 1.165) is 12.1 Å². The quantitative estimate of drug-likeness (QED) is 0.469. The van der Waals surface area contributed by atoms with Crippen LogP contribution < -0.4 is 5.32 Å². The number of amides is 1. The van der Waals surface area contributed by atoms with Gasteiger partial charge in [0.25, 0.3) is 0 Å². The summed E-state index contributed by atoms with van der Waals surface area (Å²) >= 11 is 5.73. The maximum Gasteiger partial charge on any atom is 0.426 e. The van der Waals surface area contributed by atoms with Crippen LogP contribution in [0, 0.1) is 0 Å². The van der Waals surface area contributed by atoms with Gasteiger partial charge in [-0.3, -0.25) is 10.2 Å². The summed E-state index contributed by atoms with van der Waals surface area (Å²) in [7, 11) is 0. The molecule has 33 heavy (non-hydrogen) atoms. The van der Waals surface area contributed by atoms with E-state index in [-0.39, 0.29) is 18.2 Å². The largest absolute Gasteiger partial charge is 0.435 e. The molecule has 180 valence electrons. The van der Waals surface area contributed by atoms with E-state index in [0.29, 0.717) is 30.0 Å². The minimum Gasteiger partial charge on any atom is -0.435 e. The first kappa shape index (κ1) is 25.2. The summed E-state index contributed by atoms with van der Waals surface area (Å²) in [5, 5.41) is 2.61. The molecule has 2 aromatic rings. The van der Waals surface area contributed by atoms with Crippen molar-refractivity contribution in [2.24, 2.45) is 0 Å². The topological polar surface area (TPSA) is 41.6 Å². The van der Waals surface area contributed by atoms with Crippen LogP contribution in [-0.2, 0) is 10.9 Å². The summed E-state index contributed by atoms with van der Waals surface area (Å²) in [5.41, 5.74) is -0.167. The number of alkyl halides is 6. The van der Waals surface area contributed by atoms with Crippen molar-refractivity contribution in [2.75, 3.05) is 25.0 Å². The standard InChI is InChI=1S/C22H21ClF6N2O2/c23-17-6-8-18(9-7-17)30-20(32)33-19(22(27,28)29)13-31-10-2-4-15(12-31)14-3-1-5-16(11-14)21(24,25)26/h1,3,5-9,11,15,19H,2,4,10,12-13H2,(H,30,32). The van der Waals surface area contributed by atoms with E-state index in [9.17, 15) is 31.1 Å². The minimum atomic E-state index is -4.82. The van der Waals surface area contributed by atoms with Gasteiger partial charge < -0.3 is 4.74 Å². The Morgan fingerprint density at radius 1 is 1.12 bits per heavy atom. The first-order valence-corrected chi connectivity index (χ1v) is 10.5. The molecule has 0 aliphatic carbocycles. The zero-order valence-corrected chi connectivity index (χ0v) is 18.0. The van der Waals surface area contributed by atoms with Gasteiger partial charge in [0, 0.05) is 23.8 Å². The van der Waals surface area contributed by atoms with Crippen molar-refractivity contribution in [2.45, 2.75) is 37.2 Å². The van der Waals surface area contributed by atoms with E-state index in [1.165, 1.54) is 35.2 Å². The predicted molar refractivity (Wildman–Crippen MR) is 111 cm³/mol. The molecular formula is C22H21ClF6N2O2. The van der Waals surface area contributed by atoms with Gasteiger partial charge in [-0.1, -0.05) is 29.8 Å². The number of likely N-dealkylation sites (tertiary alicyclic amines) is 1. The average molecular weight is 495 g/mol. The average Bonchev–Trinajstić information content (AvgIpc) is 2.74. The molecule has 2 aromatic carbocycles. The van der Waals surface area contributed by atoms with Crippen LogP contribution >= 0.6 is 11.6 Å². The normalized spacial score (nSPS) is 18.6. The lowest BCUT2D eigenvalue weighted by atomic mass is 9.89. The van der Waals surface area contributed by atoms with Gasteiger partial charge in [-0.05, 0) is 61.2 Å². The highest BCUT2D eigenvalue weighted by Gasteiger charge is 2.44. The SMILES string of the molecule is O=C(Nc1ccc(Cl)cc1)OC(CN1CCCC(c2cccc(C(F)(F)F)c2)C1)C(F)(F)F. The molecule has 4 nitrogen and oxygen atoms in total. The number of carbonyl (C=O) groups is 1. The number of carbonyl (C=O) groups excluding carboxylic acids is 1. The lowest BCUT2D eigenvalue weighted by Crippen LogP contribution is -2.47. The molecule has 2 unspecified atom stereocenters. The molecule has 1 aliphatic rings. The first-order valence-electron chi connectivity index (χ1n) is 10.1. The van der Waals surface area contributed by atoms with Crippen LogP contribution in [0.3, 0.4) is 0 Å². The smallest absolute Gasteiger partial charge is 0.426 e. The summed E-state index contributed by atoms with van der Waals surface area (Å²) < 4.78 is 84.4. The lowest BCUT2D eigenvalue weighted by molar-refractivity contribution is -0.207. The van der Waals surface area contributed by atoms with Gasteiger partial charge in [-0.25, -0.2) is 4.79 Å². The third-order valence-corrected chi connectivity index (χ3v) is 5.57. The minimum absolute atomic E-state index is 0.121. The zero-order chi connectivity index (χ0) is 24.2. The summed E-state index contributed by atoms with van der Waals surface area (Å²) in [6, 6.07) is 10.6. The van der Waals surface area contributed by atoms with Crippen molar-refractivity contribution in [3.8, 4) is 0 Å². The zero-order valence-electron chi connectivity index (χ0n) is 17.2. The monoisotopic (exact) mass is 494 g/mol. The van der Waals surface area contributed by atoms with E-state index in [4.69, 9.17) is 11.6 Å². The Labute approximate surface area is 191 Å². The molecule has 1 amide bonds. The molecule has 1 aliphatic heterocycles. The Morgan fingerprint density at radius 3 is 2.45 bits per heavy atom. The summed E-state index contributed by atoms with van der Waals surface area (Å²) in [4.78, 5) is 13.5. The summed E-state index contributed by atoms with van der Waals surface area (Å²) in [6.45, 7) is -0.187. The van der Waals surface area contributed by atoms with Crippen LogP contribution in [-0.4, -0.2) is 42.9 Å². The van der Waals surface area contributed by atoms with Crippen molar-refractivity contribution < 1.29 is 35.9 Å². The molecule has 1 fully saturated rings. The predicted octanol–water partition coefficient (Wildman–Crippen LogP) is 6.72. The molecule has 0 bridgehead atoms. The van der Waals surface area contributed by atoms with Gasteiger partial charge in [0.15, 0.2) is 0 Å². The molecule has 0 aromatic heterocycles. The Morgan fingerprint density at radius 2 is 1.82 bits per heavy atom. The Bertz CT molecular complexity index is 949. The van der Waals surface area contributed by atoms with Crippen LogP contribution in [0.2, 0.25) is 5.02 Å². The Kier molecular flexibility index (Phi) is 7.79. The van der Waals surface area contributed by atoms with Gasteiger partial charge in [0.1, 0.15) is 0 Å². The molecule has 0 radical (unpaired) electrons. The van der Waals surface area contributed by atoms with Gasteiger partial charge in [0.2, 0.25) is 6.10 Å². The Hall–Kier alpha value is -2.46. The van der Waals surface area contributed by atoms with Crippen molar-refractivity contribution in [3.05, 3.63) is 64.7 Å². The van der Waals surface area contributed by atoms with Gasteiger partial charge in [-0.2, -0.15) is 26.3 Å². The number of hydrogen-bond donors (Lipinski definition) is 1. The number of hydrogen-bond acceptors (Lipinski definition) is 3. The van der Waals surface area contributed by atoms with Crippen LogP contribution in [0.15, 0.2) is 48.5 Å². The molecular weight excluding hydrogens is 474 g/mol. The highest BCUT2D eigenvalue weighted by Crippen LogP contribution is 2.34. The number of nitrogens with zero attached hydrogens (tertiary/aromatic N) is 1. The van der Waals surface area contributed by atoms with E-state index >= 15 is 0 Å². The fraction of sp³-hybridized carbons (Fsp3) is 0.409. The molecule has 1 saturated heterocycles. The van der Waals surface area contributed by atoms with Crippen molar-refractivity contribution in [1.82, 2.24) is 4.90 Å². The molecule has 1 heterocycles. The third kappa shape index (κ3) is 7.26. The van der Waals surface area contributed by atoms with Gasteiger partial charge in [0.05, 0.1) is 5.56 Å². The van der Waals surface area contributed by atoms with Gasteiger partial charge >= 0.3 is 18.4 Å².